The lowest BCUT2D eigenvalue weighted by molar-refractivity contribution is -0.192. The molecular formula is C24H23ClF3N5O6S2. The fourth-order valence-electron chi connectivity index (χ4n) is 3.52. The Morgan fingerprint density at radius 3 is 2.39 bits per heavy atom. The molecule has 2 aromatic carbocycles. The minimum absolute atomic E-state index is 0.0891. The van der Waals surface area contributed by atoms with Crippen LogP contribution in [0.1, 0.15) is 11.1 Å². The van der Waals surface area contributed by atoms with E-state index in [1.165, 1.54) is 19.2 Å². The number of fused-ring (bicyclic) bond motifs is 1. The molecule has 0 unspecified atom stereocenters. The first-order chi connectivity index (χ1) is 19.2. The summed E-state index contributed by atoms with van der Waals surface area (Å²) in [5, 5.41) is 15.2. The number of sulfonamides is 1. The van der Waals surface area contributed by atoms with Crippen LogP contribution in [0.25, 0.3) is 10.9 Å². The molecule has 4 rings (SSSR count). The van der Waals surface area contributed by atoms with E-state index in [2.05, 4.69) is 15.1 Å². The molecule has 0 saturated heterocycles. The minimum atomic E-state index is -5.08. The summed E-state index contributed by atoms with van der Waals surface area (Å²) >= 11 is 6.89. The number of carbonyl (C=O) groups is 2. The van der Waals surface area contributed by atoms with Gasteiger partial charge < -0.3 is 20.9 Å². The molecule has 0 radical (unpaired) electrons. The Balaban J connectivity index is 0.000000587. The van der Waals surface area contributed by atoms with E-state index in [1.807, 2.05) is 36.4 Å². The zero-order valence-corrected chi connectivity index (χ0v) is 23.5. The lowest BCUT2D eigenvalue weighted by Crippen LogP contribution is -2.28. The molecule has 0 fully saturated rings. The first kappa shape index (κ1) is 31.7. The third kappa shape index (κ3) is 8.56. The smallest absolute Gasteiger partial charge is 0.490 e. The Kier molecular flexibility index (Phi) is 10.2. The largest absolute Gasteiger partial charge is 0.496 e. The van der Waals surface area contributed by atoms with Gasteiger partial charge in [0, 0.05) is 6.54 Å². The monoisotopic (exact) mass is 633 g/mol. The fraction of sp³-hybridized carbons (Fsp3) is 0.208. The normalized spacial score (nSPS) is 11.5. The molecule has 0 aliphatic rings. The van der Waals surface area contributed by atoms with E-state index in [9.17, 15) is 26.4 Å². The number of alkyl halides is 3. The second-order valence-corrected chi connectivity index (χ2v) is 11.8. The predicted octanol–water partition coefficient (Wildman–Crippen LogP) is 3.82. The van der Waals surface area contributed by atoms with Crippen molar-refractivity contribution in [2.75, 3.05) is 18.4 Å². The highest BCUT2D eigenvalue weighted by atomic mass is 35.5. The highest BCUT2D eigenvalue weighted by molar-refractivity contribution is 7.94. The summed E-state index contributed by atoms with van der Waals surface area (Å²) in [6.45, 7) is 0.964. The van der Waals surface area contributed by atoms with Gasteiger partial charge in [-0.25, -0.2) is 13.2 Å². The number of thiophene rings is 1. The zero-order chi connectivity index (χ0) is 30.4. The van der Waals surface area contributed by atoms with Gasteiger partial charge in [-0.1, -0.05) is 41.9 Å². The van der Waals surface area contributed by atoms with Gasteiger partial charge >= 0.3 is 12.1 Å². The average molecular weight is 634 g/mol. The van der Waals surface area contributed by atoms with Gasteiger partial charge in [-0.15, -0.1) is 11.3 Å². The van der Waals surface area contributed by atoms with Gasteiger partial charge in [0.15, 0.2) is 5.82 Å². The van der Waals surface area contributed by atoms with Gasteiger partial charge in [0.1, 0.15) is 9.96 Å². The molecule has 17 heteroatoms. The van der Waals surface area contributed by atoms with Gasteiger partial charge in [-0.3, -0.25) is 14.2 Å². The third-order valence-corrected chi connectivity index (χ3v) is 8.26. The van der Waals surface area contributed by atoms with Gasteiger partial charge in [0.2, 0.25) is 5.91 Å². The van der Waals surface area contributed by atoms with E-state index in [0.29, 0.717) is 34.1 Å². The molecule has 5 N–H and O–H groups in total. The summed E-state index contributed by atoms with van der Waals surface area (Å²) in [5.41, 5.74) is 7.80. The number of rotatable bonds is 10. The number of nitrogens with zero attached hydrogens (tertiary/aromatic N) is 2. The number of carbonyl (C=O) groups excluding carboxylic acids is 1. The number of hydrogen-bond donors (Lipinski definition) is 4. The molecule has 0 aliphatic carbocycles. The molecule has 0 aliphatic heterocycles. The number of aliphatic carboxylic acids is 1. The van der Waals surface area contributed by atoms with Crippen molar-refractivity contribution >= 4 is 61.6 Å². The van der Waals surface area contributed by atoms with Crippen LogP contribution >= 0.6 is 22.9 Å². The quantitative estimate of drug-likeness (QED) is 0.205. The number of anilines is 1. The summed E-state index contributed by atoms with van der Waals surface area (Å²) < 4.78 is 67.8. The van der Waals surface area contributed by atoms with Crippen LogP contribution in [0.15, 0.2) is 58.8 Å². The second-order valence-electron chi connectivity index (χ2n) is 8.22. The van der Waals surface area contributed by atoms with E-state index in [1.54, 1.807) is 10.7 Å². The summed E-state index contributed by atoms with van der Waals surface area (Å²) in [6, 6.07) is 16.2. The van der Waals surface area contributed by atoms with E-state index >= 15 is 0 Å². The number of nitrogens with one attached hydrogen (secondary N) is 2. The second kappa shape index (κ2) is 13.2. The summed E-state index contributed by atoms with van der Waals surface area (Å²) in [6.07, 6.45) is -5.08. The number of carboxylic acid groups (broad SMARTS) is 1. The highest BCUT2D eigenvalue weighted by Crippen LogP contribution is 2.35. The average Bonchev–Trinajstić information content (AvgIpc) is 3.48. The Labute approximate surface area is 240 Å². The lowest BCUT2D eigenvalue weighted by atomic mass is 10.1. The number of primary amides is 1. The van der Waals surface area contributed by atoms with Crippen molar-refractivity contribution in [1.82, 2.24) is 15.1 Å². The van der Waals surface area contributed by atoms with Crippen LogP contribution in [-0.2, 0) is 32.7 Å². The van der Waals surface area contributed by atoms with Crippen molar-refractivity contribution in [3.05, 3.63) is 70.1 Å². The lowest BCUT2D eigenvalue weighted by Gasteiger charge is -2.08. The van der Waals surface area contributed by atoms with E-state index in [0.717, 1.165) is 22.5 Å². The number of halogens is 4. The molecule has 41 heavy (non-hydrogen) atoms. The summed E-state index contributed by atoms with van der Waals surface area (Å²) in [5.74, 6) is -2.52. The molecule has 0 spiro atoms. The number of ether oxygens (including phenoxy) is 1. The molecule has 11 nitrogen and oxygen atoms in total. The Hall–Kier alpha value is -3.86. The Morgan fingerprint density at radius 2 is 1.80 bits per heavy atom. The minimum Gasteiger partial charge on any atom is -0.496 e. The van der Waals surface area contributed by atoms with Crippen LogP contribution in [0.4, 0.5) is 19.0 Å². The topological polar surface area (TPSA) is 166 Å². The fourth-order valence-corrected chi connectivity index (χ4v) is 6.01. The molecule has 2 aromatic heterocycles. The molecular weight excluding hydrogens is 611 g/mol. The van der Waals surface area contributed by atoms with Crippen LogP contribution in [0.5, 0.6) is 5.75 Å². The summed E-state index contributed by atoms with van der Waals surface area (Å²) in [4.78, 5) is 19.8. The van der Waals surface area contributed by atoms with Gasteiger partial charge in [-0.2, -0.15) is 18.3 Å². The van der Waals surface area contributed by atoms with Gasteiger partial charge in [0.25, 0.3) is 10.0 Å². The van der Waals surface area contributed by atoms with Crippen LogP contribution in [0.3, 0.4) is 0 Å². The summed E-state index contributed by atoms with van der Waals surface area (Å²) in [7, 11) is -2.37. The number of benzene rings is 2. The van der Waals surface area contributed by atoms with E-state index < -0.39 is 28.1 Å². The first-order valence-electron chi connectivity index (χ1n) is 11.4. The van der Waals surface area contributed by atoms with Crippen LogP contribution in [-0.4, -0.2) is 55.0 Å². The number of amides is 1. The van der Waals surface area contributed by atoms with Crippen LogP contribution in [0, 0.1) is 0 Å². The third-order valence-electron chi connectivity index (χ3n) is 5.20. The van der Waals surface area contributed by atoms with Gasteiger partial charge in [0.05, 0.1) is 35.4 Å². The van der Waals surface area contributed by atoms with Crippen molar-refractivity contribution < 1.29 is 41.0 Å². The van der Waals surface area contributed by atoms with Crippen molar-refractivity contribution in [3.63, 3.8) is 0 Å². The number of hydrogen-bond acceptors (Lipinski definition) is 8. The number of nitrogens with two attached hydrogens (primary N) is 1. The molecule has 4 aromatic rings. The molecule has 0 atom stereocenters. The van der Waals surface area contributed by atoms with Crippen molar-refractivity contribution in [3.8, 4) is 5.75 Å². The molecule has 2 heterocycles. The zero-order valence-electron chi connectivity index (χ0n) is 21.1. The Morgan fingerprint density at radius 1 is 1.15 bits per heavy atom. The van der Waals surface area contributed by atoms with Crippen LogP contribution < -0.4 is 20.5 Å². The van der Waals surface area contributed by atoms with Gasteiger partial charge in [-0.05, 0) is 35.4 Å². The van der Waals surface area contributed by atoms with Crippen molar-refractivity contribution in [2.45, 2.75) is 23.5 Å². The Bertz CT molecular complexity index is 1660. The van der Waals surface area contributed by atoms with Crippen molar-refractivity contribution in [1.29, 1.82) is 0 Å². The predicted molar refractivity (Wildman–Crippen MR) is 147 cm³/mol. The maximum absolute atomic E-state index is 12.9. The number of carboxylic acids is 1. The van der Waals surface area contributed by atoms with Crippen molar-refractivity contribution in [2.24, 2.45) is 5.73 Å². The number of aromatic nitrogens is 2. The first-order valence-corrected chi connectivity index (χ1v) is 14.1. The van der Waals surface area contributed by atoms with E-state index in [-0.39, 0.29) is 16.6 Å². The standard InChI is InChI=1S/C22H22ClN5O4S2.C2HF3O2/c1-32-17-7-3-6-16-21(17)22(27-34(30,31)20-9-8-18(23)33-20)26-28(16)13-15-5-2-4-14(10-15)11-25-12-19(24)29;3-2(4,5)1(6)7/h2-10,25H,11-13H2,1H3,(H2,24,29)(H,26,27);(H,6,7). The van der Waals surface area contributed by atoms with E-state index in [4.69, 9.17) is 32.0 Å². The molecule has 220 valence electrons. The molecule has 0 bridgehead atoms. The molecule has 1 amide bonds. The maximum Gasteiger partial charge on any atom is 0.490 e. The molecule has 0 saturated carbocycles. The van der Waals surface area contributed by atoms with Crippen LogP contribution in [0.2, 0.25) is 4.34 Å². The highest BCUT2D eigenvalue weighted by Gasteiger charge is 2.38. The SMILES string of the molecule is COc1cccc2c1c(NS(=O)(=O)c1ccc(Cl)s1)nn2Cc1cccc(CNCC(N)=O)c1.O=C(O)C(F)(F)F. The number of methoxy groups -OCH3 is 1. The maximum atomic E-state index is 12.9.